The van der Waals surface area contributed by atoms with Crippen molar-refractivity contribution >= 4 is 43.2 Å². The van der Waals surface area contributed by atoms with E-state index in [1.807, 2.05) is 18.2 Å². The van der Waals surface area contributed by atoms with Gasteiger partial charge in [0, 0.05) is 17.2 Å². The fraction of sp³-hybridized carbons (Fsp3) is 0.0952. The van der Waals surface area contributed by atoms with E-state index in [2.05, 4.69) is 15.9 Å². The van der Waals surface area contributed by atoms with E-state index >= 15 is 0 Å². The van der Waals surface area contributed by atoms with Gasteiger partial charge >= 0.3 is 0 Å². The Labute approximate surface area is 173 Å². The lowest BCUT2D eigenvalue weighted by Crippen LogP contribution is -2.41. The molecule has 0 spiro atoms. The largest absolute Gasteiger partial charge is 0.314 e. The SMILES string of the molecule is CN(C(=O)CN(c1ccc(Br)cc1)S(=O)(=O)c1ccccc1)c1ccccc1. The number of sulfonamides is 1. The summed E-state index contributed by atoms with van der Waals surface area (Å²) in [5, 5.41) is 0. The van der Waals surface area contributed by atoms with Gasteiger partial charge in [-0.25, -0.2) is 8.42 Å². The number of likely N-dealkylation sites (N-methyl/N-ethyl adjacent to an activating group) is 1. The van der Waals surface area contributed by atoms with Gasteiger partial charge in [0.15, 0.2) is 0 Å². The number of benzene rings is 3. The fourth-order valence-corrected chi connectivity index (χ4v) is 4.37. The van der Waals surface area contributed by atoms with Crippen molar-refractivity contribution in [1.82, 2.24) is 0 Å². The maximum Gasteiger partial charge on any atom is 0.264 e. The van der Waals surface area contributed by atoms with Crippen LogP contribution in [0.2, 0.25) is 0 Å². The van der Waals surface area contributed by atoms with E-state index < -0.39 is 10.0 Å². The molecule has 0 aliphatic heterocycles. The van der Waals surface area contributed by atoms with Crippen molar-refractivity contribution in [2.75, 3.05) is 22.8 Å². The normalized spacial score (nSPS) is 11.1. The van der Waals surface area contributed by atoms with Crippen LogP contribution in [-0.2, 0) is 14.8 Å². The molecule has 3 aromatic rings. The number of halogens is 1. The first-order valence-corrected chi connectivity index (χ1v) is 10.8. The van der Waals surface area contributed by atoms with Gasteiger partial charge in [-0.2, -0.15) is 0 Å². The van der Waals surface area contributed by atoms with Gasteiger partial charge in [-0.15, -0.1) is 0 Å². The van der Waals surface area contributed by atoms with Crippen LogP contribution in [0.25, 0.3) is 0 Å². The van der Waals surface area contributed by atoms with E-state index in [0.29, 0.717) is 11.4 Å². The number of carbonyl (C=O) groups is 1. The van der Waals surface area contributed by atoms with Crippen LogP contribution >= 0.6 is 15.9 Å². The van der Waals surface area contributed by atoms with E-state index in [4.69, 9.17) is 0 Å². The van der Waals surface area contributed by atoms with Crippen LogP contribution in [0.4, 0.5) is 11.4 Å². The molecule has 144 valence electrons. The molecule has 3 aromatic carbocycles. The minimum atomic E-state index is -3.91. The number of rotatable bonds is 6. The first-order valence-electron chi connectivity index (χ1n) is 8.54. The summed E-state index contributed by atoms with van der Waals surface area (Å²) in [5.41, 5.74) is 1.11. The van der Waals surface area contributed by atoms with Gasteiger partial charge in [-0.1, -0.05) is 52.3 Å². The molecule has 7 heteroatoms. The number of carbonyl (C=O) groups excluding carboxylic acids is 1. The summed E-state index contributed by atoms with van der Waals surface area (Å²) < 4.78 is 28.5. The molecule has 0 saturated carbocycles. The Bertz CT molecular complexity index is 1040. The quantitative estimate of drug-likeness (QED) is 0.552. The number of hydrogen-bond donors (Lipinski definition) is 0. The van der Waals surface area contributed by atoms with Crippen molar-refractivity contribution in [1.29, 1.82) is 0 Å². The predicted molar refractivity (Wildman–Crippen MR) is 115 cm³/mol. The Balaban J connectivity index is 1.97. The summed E-state index contributed by atoms with van der Waals surface area (Å²) in [5.74, 6) is -0.339. The van der Waals surface area contributed by atoms with Crippen LogP contribution in [-0.4, -0.2) is 27.9 Å². The molecular formula is C21H19BrN2O3S. The van der Waals surface area contributed by atoms with Crippen LogP contribution in [0, 0.1) is 0 Å². The molecule has 0 aliphatic rings. The third kappa shape index (κ3) is 4.43. The van der Waals surface area contributed by atoms with Gasteiger partial charge in [0.25, 0.3) is 10.0 Å². The van der Waals surface area contributed by atoms with Gasteiger partial charge in [-0.3, -0.25) is 9.10 Å². The summed E-state index contributed by atoms with van der Waals surface area (Å²) >= 11 is 3.35. The number of nitrogens with zero attached hydrogens (tertiary/aromatic N) is 2. The predicted octanol–water partition coefficient (Wildman–Crippen LogP) is 4.31. The second-order valence-corrected chi connectivity index (χ2v) is 8.87. The number of anilines is 2. The zero-order valence-electron chi connectivity index (χ0n) is 15.2. The Morgan fingerprint density at radius 2 is 1.36 bits per heavy atom. The molecule has 0 fully saturated rings. The highest BCUT2D eigenvalue weighted by Crippen LogP contribution is 2.26. The van der Waals surface area contributed by atoms with Crippen molar-refractivity contribution in [3.8, 4) is 0 Å². The lowest BCUT2D eigenvalue weighted by atomic mass is 10.3. The number of amides is 1. The molecule has 0 N–H and O–H groups in total. The molecule has 0 bridgehead atoms. The summed E-state index contributed by atoms with van der Waals surface area (Å²) in [7, 11) is -2.28. The molecule has 0 saturated heterocycles. The van der Waals surface area contributed by atoms with E-state index in [1.165, 1.54) is 17.0 Å². The molecule has 3 rings (SSSR count). The fourth-order valence-electron chi connectivity index (χ4n) is 2.67. The highest BCUT2D eigenvalue weighted by molar-refractivity contribution is 9.10. The van der Waals surface area contributed by atoms with Crippen molar-refractivity contribution < 1.29 is 13.2 Å². The van der Waals surface area contributed by atoms with Crippen LogP contribution in [0.1, 0.15) is 0 Å². The van der Waals surface area contributed by atoms with Crippen LogP contribution in [0.15, 0.2) is 94.3 Å². The molecule has 0 unspecified atom stereocenters. The second kappa shape index (κ2) is 8.58. The Hall–Kier alpha value is -2.64. The van der Waals surface area contributed by atoms with Crippen LogP contribution in [0.5, 0.6) is 0 Å². The smallest absolute Gasteiger partial charge is 0.264 e. The molecule has 0 heterocycles. The topological polar surface area (TPSA) is 57.7 Å². The first kappa shape index (κ1) is 20.1. The van der Waals surface area contributed by atoms with Crippen molar-refractivity contribution in [2.24, 2.45) is 0 Å². The van der Waals surface area contributed by atoms with Crippen molar-refractivity contribution in [3.05, 3.63) is 89.4 Å². The minimum absolute atomic E-state index is 0.132. The number of para-hydroxylation sites is 1. The van der Waals surface area contributed by atoms with Gasteiger partial charge in [0.2, 0.25) is 5.91 Å². The standard InChI is InChI=1S/C21H19BrN2O3S/c1-23(18-8-4-2-5-9-18)21(25)16-24(19-14-12-17(22)13-15-19)28(26,27)20-10-6-3-7-11-20/h2-15H,16H2,1H3. The monoisotopic (exact) mass is 458 g/mol. The summed E-state index contributed by atoms with van der Waals surface area (Å²) in [6.07, 6.45) is 0. The van der Waals surface area contributed by atoms with Crippen molar-refractivity contribution in [2.45, 2.75) is 4.90 Å². The molecule has 0 aromatic heterocycles. The van der Waals surface area contributed by atoms with E-state index in [1.54, 1.807) is 61.6 Å². The third-order valence-corrected chi connectivity index (χ3v) is 6.56. The molecule has 0 radical (unpaired) electrons. The Morgan fingerprint density at radius 3 is 1.93 bits per heavy atom. The van der Waals surface area contributed by atoms with E-state index in [9.17, 15) is 13.2 Å². The van der Waals surface area contributed by atoms with Gasteiger partial charge in [0.05, 0.1) is 10.6 Å². The zero-order chi connectivity index (χ0) is 20.1. The minimum Gasteiger partial charge on any atom is -0.314 e. The molecule has 1 amide bonds. The summed E-state index contributed by atoms with van der Waals surface area (Å²) in [6.45, 7) is -0.315. The van der Waals surface area contributed by atoms with E-state index in [-0.39, 0.29) is 17.3 Å². The van der Waals surface area contributed by atoms with Crippen LogP contribution in [0.3, 0.4) is 0 Å². The Morgan fingerprint density at radius 1 is 0.821 bits per heavy atom. The third-order valence-electron chi connectivity index (χ3n) is 4.24. The highest BCUT2D eigenvalue weighted by Gasteiger charge is 2.28. The second-order valence-electron chi connectivity index (χ2n) is 6.09. The summed E-state index contributed by atoms with van der Waals surface area (Å²) in [4.78, 5) is 14.5. The number of hydrogen-bond acceptors (Lipinski definition) is 3. The molecule has 0 aliphatic carbocycles. The lowest BCUT2D eigenvalue weighted by Gasteiger charge is -2.26. The maximum absolute atomic E-state index is 13.3. The van der Waals surface area contributed by atoms with Gasteiger partial charge in [0.1, 0.15) is 6.54 Å². The first-order chi connectivity index (χ1) is 13.4. The zero-order valence-corrected chi connectivity index (χ0v) is 17.6. The van der Waals surface area contributed by atoms with Gasteiger partial charge in [-0.05, 0) is 48.5 Å². The average molecular weight is 459 g/mol. The molecular weight excluding hydrogens is 440 g/mol. The highest BCUT2D eigenvalue weighted by atomic mass is 79.9. The lowest BCUT2D eigenvalue weighted by molar-refractivity contribution is -0.116. The summed E-state index contributed by atoms with van der Waals surface area (Å²) in [6, 6.07) is 24.0. The average Bonchev–Trinajstić information content (AvgIpc) is 2.73. The molecule has 0 atom stereocenters. The van der Waals surface area contributed by atoms with E-state index in [0.717, 1.165) is 8.78 Å². The molecule has 5 nitrogen and oxygen atoms in total. The maximum atomic E-state index is 13.3. The molecule has 28 heavy (non-hydrogen) atoms. The van der Waals surface area contributed by atoms with Crippen LogP contribution < -0.4 is 9.21 Å². The van der Waals surface area contributed by atoms with Gasteiger partial charge < -0.3 is 4.90 Å². The van der Waals surface area contributed by atoms with Crippen molar-refractivity contribution in [3.63, 3.8) is 0 Å². The Kier molecular flexibility index (Phi) is 6.16.